The molecule has 2 aromatic heterocycles. The number of hydrogen-bond donors (Lipinski definition) is 3. The Labute approximate surface area is 420 Å². The molecule has 6 aromatic rings. The van der Waals surface area contributed by atoms with Gasteiger partial charge in [-0.2, -0.15) is 0 Å². The highest BCUT2D eigenvalue weighted by atomic mass is 32.2. The number of oxime groups is 1. The summed E-state index contributed by atoms with van der Waals surface area (Å²) < 4.78 is 38.5. The average Bonchev–Trinajstić information content (AvgIpc) is 4.09. The van der Waals surface area contributed by atoms with Crippen LogP contribution in [0.4, 0.5) is 5.13 Å². The van der Waals surface area contributed by atoms with Gasteiger partial charge in [0.25, 0.3) is 17.0 Å². The number of carbonyl (C=O) groups is 3. The normalized spacial score (nSPS) is 15.7. The van der Waals surface area contributed by atoms with Gasteiger partial charge in [-0.3, -0.25) is 14.5 Å². The third-order valence-corrected chi connectivity index (χ3v) is 14.0. The molecule has 8 rings (SSSR count). The number of nitrogens with one attached hydrogen (secondary N) is 2. The number of ether oxygens (including phenoxy) is 6. The Kier molecular flexibility index (Phi) is 17.4. The summed E-state index contributed by atoms with van der Waals surface area (Å²) >= 11 is 3.71. The number of hydrogen-bond acceptors (Lipinski definition) is 19. The zero-order chi connectivity index (χ0) is 49.6. The van der Waals surface area contributed by atoms with E-state index in [9.17, 15) is 19.5 Å². The Morgan fingerprint density at radius 2 is 1.46 bits per heavy atom. The number of thioether (sulfide) groups is 2. The van der Waals surface area contributed by atoms with E-state index in [-0.39, 0.29) is 53.3 Å². The third kappa shape index (κ3) is 11.7. The second-order valence-electron chi connectivity index (χ2n) is 15.4. The van der Waals surface area contributed by atoms with Crippen LogP contribution in [0.1, 0.15) is 22.4 Å². The van der Waals surface area contributed by atoms with Gasteiger partial charge in [-0.15, -0.1) is 33.3 Å². The van der Waals surface area contributed by atoms with E-state index in [2.05, 4.69) is 26.0 Å². The number of fused-ring (bicyclic) bond motifs is 1. The minimum atomic E-state index is -1.29. The molecule has 0 aliphatic carbocycles. The highest BCUT2D eigenvalue weighted by Crippen LogP contribution is 2.43. The molecule has 1 saturated heterocycles. The predicted octanol–water partition coefficient (Wildman–Crippen LogP) is 6.48. The number of carboxylic acids is 1. The lowest BCUT2D eigenvalue weighted by atomic mass is 9.77. The van der Waals surface area contributed by atoms with Crippen molar-refractivity contribution in [2.24, 2.45) is 5.16 Å². The molecule has 0 unspecified atom stereocenters. The van der Waals surface area contributed by atoms with Crippen molar-refractivity contribution in [2.75, 3.05) is 78.2 Å². The molecule has 0 bridgehead atoms. The number of β-lactam (4-membered cyclic amide) rings is 1. The highest BCUT2D eigenvalue weighted by Gasteiger charge is 2.54. The molecule has 2 amide bonds. The molecule has 2 aliphatic heterocycles. The first-order valence-corrected chi connectivity index (χ1v) is 24.9. The smallest absolute Gasteiger partial charge is 0.352 e. The van der Waals surface area contributed by atoms with E-state index < -0.39 is 34.7 Å². The van der Waals surface area contributed by atoms with Crippen LogP contribution in [0.5, 0.6) is 11.5 Å². The van der Waals surface area contributed by atoms with Gasteiger partial charge in [0.05, 0.1) is 26.4 Å². The van der Waals surface area contributed by atoms with Crippen LogP contribution in [-0.2, 0) is 43.7 Å². The Hall–Kier alpha value is -6.79. The van der Waals surface area contributed by atoms with Gasteiger partial charge in [-0.25, -0.2) is 9.78 Å². The van der Waals surface area contributed by atoms with Gasteiger partial charge in [0, 0.05) is 36.7 Å². The first-order chi connectivity index (χ1) is 34.7. The van der Waals surface area contributed by atoms with Crippen molar-refractivity contribution >= 4 is 63.5 Å². The molecule has 19 nitrogen and oxygen atoms in total. The minimum absolute atomic E-state index is 0.0459. The molecule has 0 saturated carbocycles. The average molecular weight is 1020 g/mol. The number of carboxylic acid groups (broad SMARTS) is 1. The molecular weight excluding hydrogens is 975 g/mol. The van der Waals surface area contributed by atoms with Crippen molar-refractivity contribution in [3.8, 4) is 23.0 Å². The van der Waals surface area contributed by atoms with E-state index >= 15 is 0 Å². The molecule has 1 fully saturated rings. The van der Waals surface area contributed by atoms with E-state index in [4.69, 9.17) is 42.7 Å². The molecule has 22 heteroatoms. The molecule has 2 atom stereocenters. The number of carbonyl (C=O) groups excluding carboxylic acids is 2. The van der Waals surface area contributed by atoms with E-state index in [1.807, 2.05) is 91.0 Å². The number of anilines is 1. The molecule has 0 radical (unpaired) electrons. The fourth-order valence-corrected chi connectivity index (χ4v) is 10.7. The van der Waals surface area contributed by atoms with Crippen molar-refractivity contribution in [2.45, 2.75) is 22.2 Å². The first-order valence-electron chi connectivity index (χ1n) is 22.0. The largest absolute Gasteiger partial charge is 0.477 e. The Balaban J connectivity index is 0.937. The molecule has 2 aliphatic rings. The maximum Gasteiger partial charge on any atom is 0.352 e. The second-order valence-corrected chi connectivity index (χ2v) is 18.3. The van der Waals surface area contributed by atoms with Crippen LogP contribution in [0.2, 0.25) is 0 Å². The van der Waals surface area contributed by atoms with Gasteiger partial charge >= 0.3 is 5.97 Å². The second kappa shape index (κ2) is 24.4. The molecule has 4 aromatic carbocycles. The van der Waals surface area contributed by atoms with Crippen molar-refractivity contribution in [1.29, 1.82) is 0 Å². The molecular formula is C49H49N7O12S3. The summed E-state index contributed by atoms with van der Waals surface area (Å²) in [7, 11) is 4.45. The van der Waals surface area contributed by atoms with Crippen LogP contribution in [0, 0.1) is 0 Å². The van der Waals surface area contributed by atoms with Gasteiger partial charge in [-0.1, -0.05) is 108 Å². The summed E-state index contributed by atoms with van der Waals surface area (Å²) in [4.78, 5) is 51.7. The van der Waals surface area contributed by atoms with Crippen LogP contribution in [0.3, 0.4) is 0 Å². The number of thiazole rings is 1. The predicted molar refractivity (Wildman–Crippen MR) is 265 cm³/mol. The van der Waals surface area contributed by atoms with Crippen LogP contribution >= 0.6 is 34.9 Å². The lowest BCUT2D eigenvalue weighted by molar-refractivity contribution is -0.150. The SMILES string of the molecule is COCCOCOc1ccc(-c2nnc(SCC3=C(C(=O)O)N4C(=O)[C@@H](NC(=O)C(=NOC)c5csc(NC(c6ccccc6)(c6ccccc6)c6ccccc6)n5)[C@@H]4SC3)o2)cc1OCOCCOC. The first kappa shape index (κ1) is 50.6. The van der Waals surface area contributed by atoms with Crippen molar-refractivity contribution in [3.05, 3.63) is 148 Å². The summed E-state index contributed by atoms with van der Waals surface area (Å²) in [6, 6.07) is 34.0. The quantitative estimate of drug-likeness (QED) is 0.0101. The van der Waals surface area contributed by atoms with Crippen LogP contribution < -0.4 is 20.1 Å². The van der Waals surface area contributed by atoms with Gasteiger partial charge < -0.3 is 53.4 Å². The van der Waals surface area contributed by atoms with Crippen LogP contribution in [-0.4, -0.2) is 133 Å². The fraction of sp³-hybridized carbons (Fsp3) is 0.286. The molecule has 4 heterocycles. The van der Waals surface area contributed by atoms with Gasteiger partial charge in [0.1, 0.15) is 35.5 Å². The number of rotatable bonds is 26. The standard InChI is InChI=1S/C49H49N7O12S3/c1-61-21-23-64-29-66-37-20-19-31(25-38(37)67-30-65-24-22-62-2)43-53-54-48(68-43)71-27-32-26-69-45-40(44(58)56(45)41(32)46(59)60)51-42(57)39(55-63-3)36-28-70-47(50-36)52-49(33-13-7-4-8-14-33,34-15-9-5-10-16-34)35-17-11-6-12-18-35/h4-20,25,28,40,45H,21-24,26-27,29-30H2,1-3H3,(H,50,52)(H,51,57)(H,59,60)/t40-,45+/m1/s1. The summed E-state index contributed by atoms with van der Waals surface area (Å²) in [5.74, 6) is -1.35. The molecule has 3 N–H and O–H groups in total. The lowest BCUT2D eigenvalue weighted by Crippen LogP contribution is -2.71. The number of benzene rings is 4. The van der Waals surface area contributed by atoms with Crippen molar-refractivity contribution < 1.29 is 57.2 Å². The number of amides is 2. The minimum Gasteiger partial charge on any atom is -0.477 e. The van der Waals surface area contributed by atoms with Crippen molar-refractivity contribution in [3.63, 3.8) is 0 Å². The van der Waals surface area contributed by atoms with Gasteiger partial charge in [0.15, 0.2) is 35.9 Å². The molecule has 71 heavy (non-hydrogen) atoms. The fourth-order valence-electron chi connectivity index (χ4n) is 7.70. The van der Waals surface area contributed by atoms with Crippen molar-refractivity contribution in [1.82, 2.24) is 25.4 Å². The zero-order valence-electron chi connectivity index (χ0n) is 38.7. The monoisotopic (exact) mass is 1020 g/mol. The zero-order valence-corrected chi connectivity index (χ0v) is 41.1. The van der Waals surface area contributed by atoms with Crippen LogP contribution in [0.15, 0.2) is 141 Å². The van der Waals surface area contributed by atoms with Gasteiger partial charge in [0.2, 0.25) is 5.89 Å². The van der Waals surface area contributed by atoms with Crippen LogP contribution in [0.25, 0.3) is 11.5 Å². The number of methoxy groups -OCH3 is 2. The summed E-state index contributed by atoms with van der Waals surface area (Å²) in [6.07, 6.45) is 0. The van der Waals surface area contributed by atoms with E-state index in [1.54, 1.807) is 37.8 Å². The highest BCUT2D eigenvalue weighted by molar-refractivity contribution is 8.01. The lowest BCUT2D eigenvalue weighted by Gasteiger charge is -2.49. The third-order valence-electron chi connectivity index (χ3n) is 11.0. The Morgan fingerprint density at radius 3 is 2.06 bits per heavy atom. The maximum absolute atomic E-state index is 14.0. The number of aliphatic carboxylic acids is 1. The topological polar surface area (TPSA) is 228 Å². The summed E-state index contributed by atoms with van der Waals surface area (Å²) in [5.41, 5.74) is 2.85. The van der Waals surface area contributed by atoms with E-state index in [0.29, 0.717) is 54.2 Å². The van der Waals surface area contributed by atoms with E-state index in [1.165, 1.54) is 35.1 Å². The summed E-state index contributed by atoms with van der Waals surface area (Å²) in [5, 5.41) is 30.9. The van der Waals surface area contributed by atoms with Gasteiger partial charge in [-0.05, 0) is 40.5 Å². The number of aromatic nitrogens is 3. The molecule has 0 spiro atoms. The van der Waals surface area contributed by atoms with E-state index in [0.717, 1.165) is 28.5 Å². The molecule has 370 valence electrons. The maximum atomic E-state index is 14.0. The number of nitrogens with zero attached hydrogens (tertiary/aromatic N) is 5. The Morgan fingerprint density at radius 1 is 0.845 bits per heavy atom. The Bertz CT molecular complexity index is 2720. The summed E-state index contributed by atoms with van der Waals surface area (Å²) in [6.45, 7) is 1.34.